The van der Waals surface area contributed by atoms with Crippen molar-refractivity contribution in [3.63, 3.8) is 0 Å². The van der Waals surface area contributed by atoms with E-state index < -0.39 is 0 Å². The summed E-state index contributed by atoms with van der Waals surface area (Å²) < 4.78 is 6.93. The molecule has 0 saturated heterocycles. The van der Waals surface area contributed by atoms with Gasteiger partial charge < -0.3 is 14.5 Å². The number of thioether (sulfide) groups is 1. The Morgan fingerprint density at radius 1 is 1.26 bits per heavy atom. The molecule has 8 heteroatoms. The minimum absolute atomic E-state index is 0.147. The Balaban J connectivity index is 0.000000254. The number of allylic oxidation sites excluding steroid dienone is 1. The predicted octanol–water partition coefficient (Wildman–Crippen LogP) is 4.60. The van der Waals surface area contributed by atoms with E-state index in [0.29, 0.717) is 27.7 Å². The largest absolute Gasteiger partial charge is 0.464 e. The summed E-state index contributed by atoms with van der Waals surface area (Å²) in [4.78, 5) is 28.6. The van der Waals surface area contributed by atoms with Crippen molar-refractivity contribution in [3.8, 4) is 11.3 Å². The molecule has 3 heterocycles. The molecule has 0 aliphatic heterocycles. The highest BCUT2D eigenvalue weighted by molar-refractivity contribution is 7.99. The van der Waals surface area contributed by atoms with E-state index in [0.717, 1.165) is 18.4 Å². The second-order valence-electron chi connectivity index (χ2n) is 6.40. The van der Waals surface area contributed by atoms with Gasteiger partial charge in [-0.1, -0.05) is 48.2 Å². The fraction of sp³-hybridized carbons (Fsp3) is 0.174. The summed E-state index contributed by atoms with van der Waals surface area (Å²) in [6.45, 7) is 4.98. The van der Waals surface area contributed by atoms with Crippen molar-refractivity contribution in [1.82, 2.24) is 14.9 Å². The number of hydrogen-bond donors (Lipinski definition) is 1. The number of benzene rings is 1. The predicted molar refractivity (Wildman–Crippen MR) is 128 cm³/mol. The number of thiophene rings is 1. The molecule has 1 aromatic carbocycles. The first-order valence-electron chi connectivity index (χ1n) is 9.61. The van der Waals surface area contributed by atoms with Gasteiger partial charge in [0.05, 0.1) is 17.4 Å². The van der Waals surface area contributed by atoms with E-state index in [9.17, 15) is 9.59 Å². The molecule has 6 nitrogen and oxygen atoms in total. The number of aromatic nitrogens is 2. The van der Waals surface area contributed by atoms with Gasteiger partial charge in [0, 0.05) is 24.0 Å². The van der Waals surface area contributed by atoms with Gasteiger partial charge in [0.1, 0.15) is 16.9 Å². The van der Waals surface area contributed by atoms with Crippen LogP contribution >= 0.6 is 23.1 Å². The molecule has 0 unspecified atom stereocenters. The molecule has 0 bridgehead atoms. The van der Waals surface area contributed by atoms with Crippen LogP contribution in [0.3, 0.4) is 0 Å². The Morgan fingerprint density at radius 3 is 2.71 bits per heavy atom. The first-order valence-corrected chi connectivity index (χ1v) is 11.5. The molecule has 0 radical (unpaired) electrons. The highest BCUT2D eigenvalue weighted by atomic mass is 32.2. The molecule has 0 atom stereocenters. The van der Waals surface area contributed by atoms with Crippen molar-refractivity contribution in [3.05, 3.63) is 82.7 Å². The molecule has 4 rings (SSSR count). The zero-order valence-electron chi connectivity index (χ0n) is 17.1. The molecule has 0 saturated carbocycles. The van der Waals surface area contributed by atoms with Crippen LogP contribution < -0.4 is 10.9 Å². The van der Waals surface area contributed by atoms with Crippen LogP contribution in [-0.2, 0) is 17.9 Å². The highest BCUT2D eigenvalue weighted by Gasteiger charge is 2.17. The Bertz CT molecular complexity index is 1180. The summed E-state index contributed by atoms with van der Waals surface area (Å²) >= 11 is 2.63. The number of fused-ring (bicyclic) bond motifs is 1. The lowest BCUT2D eigenvalue weighted by atomic mass is 10.2. The zero-order valence-corrected chi connectivity index (χ0v) is 18.7. The van der Waals surface area contributed by atoms with E-state index in [1.807, 2.05) is 36.7 Å². The topological polar surface area (TPSA) is 77.1 Å². The van der Waals surface area contributed by atoms with Crippen molar-refractivity contribution in [2.24, 2.45) is 0 Å². The summed E-state index contributed by atoms with van der Waals surface area (Å²) in [6.07, 6.45) is 4.00. The summed E-state index contributed by atoms with van der Waals surface area (Å²) in [5.41, 5.74) is 1.93. The maximum atomic E-state index is 12.8. The average Bonchev–Trinajstić information content (AvgIpc) is 3.46. The van der Waals surface area contributed by atoms with Crippen molar-refractivity contribution in [2.75, 3.05) is 12.8 Å². The van der Waals surface area contributed by atoms with Crippen molar-refractivity contribution >= 4 is 39.6 Å². The SMILES string of the molecule is C=CCn1c(SCC=O)nc2scc(-c3ccco3)c2c1=O.CNCc1ccccc1. The van der Waals surface area contributed by atoms with E-state index >= 15 is 0 Å². The van der Waals surface area contributed by atoms with Crippen LogP contribution in [0.1, 0.15) is 5.56 Å². The number of carbonyl (C=O) groups excluding carboxylic acids is 1. The number of aldehydes is 1. The molecule has 160 valence electrons. The van der Waals surface area contributed by atoms with Crippen LogP contribution in [0.5, 0.6) is 0 Å². The van der Waals surface area contributed by atoms with E-state index in [1.54, 1.807) is 18.4 Å². The van der Waals surface area contributed by atoms with Gasteiger partial charge >= 0.3 is 0 Å². The smallest absolute Gasteiger partial charge is 0.263 e. The molecule has 0 aliphatic rings. The fourth-order valence-corrected chi connectivity index (χ4v) is 4.59. The summed E-state index contributed by atoms with van der Waals surface area (Å²) in [6, 6.07) is 13.9. The normalized spacial score (nSPS) is 10.5. The third kappa shape index (κ3) is 5.61. The van der Waals surface area contributed by atoms with Gasteiger partial charge in [-0.3, -0.25) is 9.36 Å². The van der Waals surface area contributed by atoms with Crippen LogP contribution in [0.2, 0.25) is 0 Å². The van der Waals surface area contributed by atoms with Gasteiger partial charge in [-0.25, -0.2) is 4.98 Å². The Hall–Kier alpha value is -2.94. The summed E-state index contributed by atoms with van der Waals surface area (Å²) in [5.74, 6) is 0.898. The van der Waals surface area contributed by atoms with Gasteiger partial charge in [-0.15, -0.1) is 17.9 Å². The first-order chi connectivity index (χ1) is 15.2. The molecule has 1 N–H and O–H groups in total. The molecular formula is C23H23N3O3S2. The van der Waals surface area contributed by atoms with Gasteiger partial charge in [-0.05, 0) is 24.7 Å². The maximum Gasteiger partial charge on any atom is 0.263 e. The molecule has 0 amide bonds. The van der Waals surface area contributed by atoms with Gasteiger partial charge in [-0.2, -0.15) is 0 Å². The number of carbonyl (C=O) groups is 1. The molecule has 0 aliphatic carbocycles. The Kier molecular flexibility index (Phi) is 8.40. The number of nitrogens with zero attached hydrogens (tertiary/aromatic N) is 2. The molecule has 4 aromatic rings. The van der Waals surface area contributed by atoms with E-state index in [2.05, 4.69) is 29.0 Å². The molecule has 3 aromatic heterocycles. The van der Waals surface area contributed by atoms with E-state index in [-0.39, 0.29) is 11.3 Å². The van der Waals surface area contributed by atoms with Gasteiger partial charge in [0.2, 0.25) is 0 Å². The lowest BCUT2D eigenvalue weighted by Crippen LogP contribution is -2.22. The van der Waals surface area contributed by atoms with Crippen molar-refractivity contribution < 1.29 is 9.21 Å². The van der Waals surface area contributed by atoms with Crippen LogP contribution in [-0.4, -0.2) is 28.6 Å². The standard InChI is InChI=1S/C15H12N2O3S2.C8H11N/c1-2-5-17-14(19)12-10(11-4-3-7-20-11)9-22-13(12)16-15(17)21-8-6-18;1-9-7-8-5-3-2-4-6-8/h2-4,6-7,9H,1,5,8H2;2-6,9H,7H2,1H3. The zero-order chi connectivity index (χ0) is 22.1. The second kappa shape index (κ2) is 11.5. The van der Waals surface area contributed by atoms with Crippen molar-refractivity contribution in [2.45, 2.75) is 18.2 Å². The quantitative estimate of drug-likeness (QED) is 0.182. The second-order valence-corrected chi connectivity index (χ2v) is 8.24. The fourth-order valence-electron chi connectivity index (χ4n) is 2.93. The molecule has 0 fully saturated rings. The van der Waals surface area contributed by atoms with Crippen LogP contribution in [0.15, 0.2) is 81.1 Å². The summed E-state index contributed by atoms with van der Waals surface area (Å²) in [5, 5.41) is 6.01. The van der Waals surface area contributed by atoms with Gasteiger partial charge in [0.25, 0.3) is 5.56 Å². The van der Waals surface area contributed by atoms with Crippen LogP contribution in [0.4, 0.5) is 0 Å². The third-order valence-electron chi connectivity index (χ3n) is 4.26. The number of hydrogen-bond acceptors (Lipinski definition) is 7. The van der Waals surface area contributed by atoms with Crippen molar-refractivity contribution in [1.29, 1.82) is 0 Å². The Morgan fingerprint density at radius 2 is 2.06 bits per heavy atom. The van der Waals surface area contributed by atoms with Gasteiger partial charge in [0.15, 0.2) is 5.16 Å². The number of rotatable bonds is 8. The van der Waals surface area contributed by atoms with E-state index in [1.165, 1.54) is 33.2 Å². The molecule has 31 heavy (non-hydrogen) atoms. The Labute approximate surface area is 188 Å². The highest BCUT2D eigenvalue weighted by Crippen LogP contribution is 2.32. The first kappa shape index (κ1) is 22.7. The summed E-state index contributed by atoms with van der Waals surface area (Å²) in [7, 11) is 1.95. The monoisotopic (exact) mass is 453 g/mol. The minimum Gasteiger partial charge on any atom is -0.464 e. The maximum absolute atomic E-state index is 12.8. The molecular weight excluding hydrogens is 430 g/mol. The average molecular weight is 454 g/mol. The van der Waals surface area contributed by atoms with Crippen LogP contribution in [0.25, 0.3) is 21.5 Å². The lowest BCUT2D eigenvalue weighted by Gasteiger charge is -2.09. The minimum atomic E-state index is -0.147. The number of furan rings is 1. The third-order valence-corrected chi connectivity index (χ3v) is 6.01. The molecule has 0 spiro atoms. The van der Waals surface area contributed by atoms with Crippen LogP contribution in [0, 0.1) is 0 Å². The van der Waals surface area contributed by atoms with E-state index in [4.69, 9.17) is 4.42 Å². The lowest BCUT2D eigenvalue weighted by molar-refractivity contribution is -0.105. The number of nitrogens with one attached hydrogen (secondary N) is 1.